The Morgan fingerprint density at radius 3 is 2.95 bits per heavy atom. The second-order valence-corrected chi connectivity index (χ2v) is 5.73. The Labute approximate surface area is 119 Å². The summed E-state index contributed by atoms with van der Waals surface area (Å²) in [5.41, 5.74) is 1.48. The van der Waals surface area contributed by atoms with E-state index in [1.807, 2.05) is 12.3 Å². The van der Waals surface area contributed by atoms with E-state index in [9.17, 15) is 9.59 Å². The number of nitrogens with one attached hydrogen (secondary N) is 1. The third-order valence-electron chi connectivity index (χ3n) is 3.04. The van der Waals surface area contributed by atoms with Crippen LogP contribution in [-0.4, -0.2) is 20.7 Å². The van der Waals surface area contributed by atoms with Gasteiger partial charge in [0, 0.05) is 17.4 Å². The minimum absolute atomic E-state index is 0.0853. The number of aryl methyl sites for hydroxylation is 1. The van der Waals surface area contributed by atoms with Crippen molar-refractivity contribution in [3.8, 4) is 0 Å². The minimum Gasteiger partial charge on any atom is -0.300 e. The highest BCUT2D eigenvalue weighted by Gasteiger charge is 2.25. The number of hydrogen-bond acceptors (Lipinski definition) is 5. The van der Waals surface area contributed by atoms with E-state index in [1.165, 1.54) is 22.1 Å². The van der Waals surface area contributed by atoms with Gasteiger partial charge in [0.1, 0.15) is 6.54 Å². The molecule has 1 saturated carbocycles. The van der Waals surface area contributed by atoms with Crippen LogP contribution in [0.4, 0.5) is 5.13 Å². The maximum Gasteiger partial charge on any atom is 0.267 e. The van der Waals surface area contributed by atoms with Crippen molar-refractivity contribution in [2.24, 2.45) is 0 Å². The van der Waals surface area contributed by atoms with Gasteiger partial charge in [-0.3, -0.25) is 9.59 Å². The summed E-state index contributed by atoms with van der Waals surface area (Å²) in [4.78, 5) is 27.8. The Bertz CT molecular complexity index is 702. The largest absolute Gasteiger partial charge is 0.300 e. The number of carbonyl (C=O) groups excluding carboxylic acids is 1. The Hall–Kier alpha value is -2.02. The summed E-state index contributed by atoms with van der Waals surface area (Å²) in [5.74, 6) is 0.161. The van der Waals surface area contributed by atoms with Gasteiger partial charge in [-0.25, -0.2) is 9.67 Å². The molecule has 2 heterocycles. The summed E-state index contributed by atoms with van der Waals surface area (Å²) < 4.78 is 1.21. The SMILES string of the molecule is Cc1csc(NC(=O)Cn2nc(C3CC3)ccc2=O)n1. The van der Waals surface area contributed by atoms with Crippen molar-refractivity contribution in [3.05, 3.63) is 39.3 Å². The number of hydrogen-bond donors (Lipinski definition) is 1. The lowest BCUT2D eigenvalue weighted by molar-refractivity contribution is -0.117. The first-order chi connectivity index (χ1) is 9.61. The zero-order valence-electron chi connectivity index (χ0n) is 11.0. The van der Waals surface area contributed by atoms with Crippen LogP contribution in [0.1, 0.15) is 30.1 Å². The maximum atomic E-state index is 11.9. The summed E-state index contributed by atoms with van der Waals surface area (Å²) in [6, 6.07) is 3.22. The molecule has 1 fully saturated rings. The van der Waals surface area contributed by atoms with Gasteiger partial charge in [0.2, 0.25) is 5.91 Å². The Morgan fingerprint density at radius 1 is 1.50 bits per heavy atom. The highest BCUT2D eigenvalue weighted by atomic mass is 32.1. The van der Waals surface area contributed by atoms with Crippen LogP contribution in [0.2, 0.25) is 0 Å². The van der Waals surface area contributed by atoms with Gasteiger partial charge < -0.3 is 5.32 Å². The molecule has 0 spiro atoms. The van der Waals surface area contributed by atoms with Crippen molar-refractivity contribution in [1.29, 1.82) is 0 Å². The molecular formula is C13H14N4O2S. The molecule has 0 bridgehead atoms. The van der Waals surface area contributed by atoms with E-state index < -0.39 is 0 Å². The van der Waals surface area contributed by atoms with Gasteiger partial charge in [0.25, 0.3) is 5.56 Å². The molecule has 2 aromatic heterocycles. The minimum atomic E-state index is -0.290. The van der Waals surface area contributed by atoms with Crippen molar-refractivity contribution in [1.82, 2.24) is 14.8 Å². The van der Waals surface area contributed by atoms with Gasteiger partial charge in [-0.2, -0.15) is 5.10 Å². The van der Waals surface area contributed by atoms with Crippen molar-refractivity contribution in [3.63, 3.8) is 0 Å². The van der Waals surface area contributed by atoms with Gasteiger partial charge in [-0.1, -0.05) is 0 Å². The normalized spacial score (nSPS) is 14.2. The number of aromatic nitrogens is 3. The van der Waals surface area contributed by atoms with Gasteiger partial charge >= 0.3 is 0 Å². The molecule has 2 aromatic rings. The predicted molar refractivity (Wildman–Crippen MR) is 76.0 cm³/mol. The van der Waals surface area contributed by atoms with Gasteiger partial charge in [-0.05, 0) is 25.8 Å². The Morgan fingerprint density at radius 2 is 2.30 bits per heavy atom. The Kier molecular flexibility index (Phi) is 3.35. The number of rotatable bonds is 4. The molecule has 20 heavy (non-hydrogen) atoms. The van der Waals surface area contributed by atoms with Crippen LogP contribution in [0, 0.1) is 6.92 Å². The third-order valence-corrected chi connectivity index (χ3v) is 3.92. The molecule has 1 amide bonds. The van der Waals surface area contributed by atoms with E-state index in [0.29, 0.717) is 11.0 Å². The summed E-state index contributed by atoms with van der Waals surface area (Å²) >= 11 is 1.36. The third kappa shape index (κ3) is 2.93. The summed E-state index contributed by atoms with van der Waals surface area (Å²) in [7, 11) is 0. The molecule has 3 rings (SSSR count). The Balaban J connectivity index is 1.71. The second-order valence-electron chi connectivity index (χ2n) is 4.87. The quantitative estimate of drug-likeness (QED) is 0.926. The maximum absolute atomic E-state index is 11.9. The highest BCUT2D eigenvalue weighted by molar-refractivity contribution is 7.13. The molecule has 1 aliphatic rings. The van der Waals surface area contributed by atoms with Crippen LogP contribution in [0.25, 0.3) is 0 Å². The lowest BCUT2D eigenvalue weighted by atomic mass is 10.3. The molecule has 6 nitrogen and oxygen atoms in total. The smallest absolute Gasteiger partial charge is 0.267 e. The van der Waals surface area contributed by atoms with Crippen LogP contribution in [0.15, 0.2) is 22.3 Å². The van der Waals surface area contributed by atoms with Crippen molar-refractivity contribution in [2.75, 3.05) is 5.32 Å². The first-order valence-electron chi connectivity index (χ1n) is 6.42. The topological polar surface area (TPSA) is 76.9 Å². The fourth-order valence-corrected chi connectivity index (χ4v) is 2.59. The van der Waals surface area contributed by atoms with Crippen molar-refractivity contribution < 1.29 is 4.79 Å². The number of thiazole rings is 1. The molecular weight excluding hydrogens is 276 g/mol. The standard InChI is InChI=1S/C13H14N4O2S/c1-8-7-20-13(14-8)15-11(18)6-17-12(19)5-4-10(16-17)9-2-3-9/h4-5,7,9H,2-3,6H2,1H3,(H,14,15,18). The molecule has 0 saturated heterocycles. The zero-order valence-corrected chi connectivity index (χ0v) is 11.8. The summed E-state index contributed by atoms with van der Waals surface area (Å²) in [6.07, 6.45) is 2.21. The number of carbonyl (C=O) groups is 1. The molecule has 0 aromatic carbocycles. The first kappa shape index (κ1) is 13.0. The van der Waals surface area contributed by atoms with Crippen LogP contribution in [-0.2, 0) is 11.3 Å². The van der Waals surface area contributed by atoms with E-state index in [0.717, 1.165) is 24.2 Å². The molecule has 0 radical (unpaired) electrons. The molecule has 0 atom stereocenters. The van der Waals surface area contributed by atoms with E-state index in [2.05, 4.69) is 15.4 Å². The first-order valence-corrected chi connectivity index (χ1v) is 7.30. The molecule has 1 N–H and O–H groups in total. The van der Waals surface area contributed by atoms with Gasteiger partial charge in [0.15, 0.2) is 5.13 Å². The van der Waals surface area contributed by atoms with E-state index in [-0.39, 0.29) is 18.0 Å². The van der Waals surface area contributed by atoms with Gasteiger partial charge in [-0.15, -0.1) is 11.3 Å². The molecule has 1 aliphatic carbocycles. The van der Waals surface area contributed by atoms with Crippen molar-refractivity contribution in [2.45, 2.75) is 32.2 Å². The predicted octanol–water partition coefficient (Wildman–Crippen LogP) is 1.52. The van der Waals surface area contributed by atoms with Crippen LogP contribution in [0.3, 0.4) is 0 Å². The fourth-order valence-electron chi connectivity index (χ4n) is 1.88. The number of anilines is 1. The lowest BCUT2D eigenvalue weighted by Gasteiger charge is -2.06. The average Bonchev–Trinajstić information content (AvgIpc) is 3.17. The summed E-state index contributed by atoms with van der Waals surface area (Å²) in [6.45, 7) is 1.77. The van der Waals surface area contributed by atoms with Crippen LogP contribution < -0.4 is 10.9 Å². The fraction of sp³-hybridized carbons (Fsp3) is 0.385. The van der Waals surface area contributed by atoms with Gasteiger partial charge in [0.05, 0.1) is 11.4 Å². The zero-order chi connectivity index (χ0) is 14.1. The number of amides is 1. The van der Waals surface area contributed by atoms with Crippen LogP contribution >= 0.6 is 11.3 Å². The van der Waals surface area contributed by atoms with E-state index in [4.69, 9.17) is 0 Å². The van der Waals surface area contributed by atoms with E-state index in [1.54, 1.807) is 6.07 Å². The monoisotopic (exact) mass is 290 g/mol. The number of nitrogens with zero attached hydrogens (tertiary/aromatic N) is 3. The average molecular weight is 290 g/mol. The van der Waals surface area contributed by atoms with Crippen molar-refractivity contribution >= 4 is 22.4 Å². The molecule has 0 unspecified atom stereocenters. The van der Waals surface area contributed by atoms with E-state index >= 15 is 0 Å². The lowest BCUT2D eigenvalue weighted by Crippen LogP contribution is -2.29. The summed E-state index contributed by atoms with van der Waals surface area (Å²) in [5, 5.41) is 9.31. The molecule has 7 heteroatoms. The molecule has 0 aliphatic heterocycles. The second kappa shape index (κ2) is 5.16. The highest BCUT2D eigenvalue weighted by Crippen LogP contribution is 2.38. The molecule has 104 valence electrons. The van der Waals surface area contributed by atoms with Crippen LogP contribution in [0.5, 0.6) is 0 Å².